The third-order valence-corrected chi connectivity index (χ3v) is 4.53. The number of anilines is 1. The molecule has 0 aliphatic heterocycles. The number of benzene rings is 2. The van der Waals surface area contributed by atoms with Gasteiger partial charge in [0.1, 0.15) is 0 Å². The van der Waals surface area contributed by atoms with Gasteiger partial charge in [0.15, 0.2) is 0 Å². The largest absolute Gasteiger partial charge is 0.376 e. The average Bonchev–Trinajstić information content (AvgIpc) is 3.44. The molecule has 1 aliphatic carbocycles. The van der Waals surface area contributed by atoms with Crippen LogP contribution in [0, 0.1) is 5.92 Å². The number of amides is 1. The zero-order valence-corrected chi connectivity index (χ0v) is 13.6. The third kappa shape index (κ3) is 4.35. The van der Waals surface area contributed by atoms with Crippen LogP contribution in [-0.2, 0) is 11.3 Å². The lowest BCUT2D eigenvalue weighted by molar-refractivity contribution is -0.132. The first-order valence-corrected chi connectivity index (χ1v) is 8.36. The van der Waals surface area contributed by atoms with Crippen molar-refractivity contribution in [2.75, 3.05) is 11.9 Å². The maximum atomic E-state index is 12.8. The third-order valence-electron chi connectivity index (χ3n) is 4.53. The Morgan fingerprint density at radius 1 is 1.09 bits per heavy atom. The molecule has 3 heteroatoms. The van der Waals surface area contributed by atoms with E-state index in [1.54, 1.807) is 0 Å². The van der Waals surface area contributed by atoms with E-state index in [1.807, 2.05) is 53.4 Å². The predicted molar refractivity (Wildman–Crippen MR) is 94.1 cm³/mol. The van der Waals surface area contributed by atoms with Crippen molar-refractivity contribution in [3.63, 3.8) is 0 Å². The van der Waals surface area contributed by atoms with Crippen molar-refractivity contribution in [1.29, 1.82) is 0 Å². The number of para-hydroxylation sites is 1. The molecule has 1 fully saturated rings. The molecule has 0 saturated heterocycles. The van der Waals surface area contributed by atoms with Crippen LogP contribution in [0.25, 0.3) is 0 Å². The summed E-state index contributed by atoms with van der Waals surface area (Å²) < 4.78 is 0. The van der Waals surface area contributed by atoms with Crippen molar-refractivity contribution in [3.8, 4) is 0 Å². The summed E-state index contributed by atoms with van der Waals surface area (Å²) in [6.07, 6.45) is 2.48. The van der Waals surface area contributed by atoms with E-state index in [2.05, 4.69) is 24.4 Å². The van der Waals surface area contributed by atoms with Crippen LogP contribution in [0.5, 0.6) is 0 Å². The van der Waals surface area contributed by atoms with E-state index in [-0.39, 0.29) is 5.91 Å². The predicted octanol–water partition coefficient (Wildman–Crippen LogP) is 3.93. The van der Waals surface area contributed by atoms with Crippen LogP contribution in [-0.4, -0.2) is 23.4 Å². The molecule has 0 aromatic heterocycles. The Morgan fingerprint density at radius 2 is 1.70 bits per heavy atom. The van der Waals surface area contributed by atoms with E-state index in [0.29, 0.717) is 25.0 Å². The fourth-order valence-corrected chi connectivity index (χ4v) is 2.91. The highest BCUT2D eigenvalue weighted by Gasteiger charge is 2.34. The van der Waals surface area contributed by atoms with E-state index < -0.39 is 0 Å². The molecule has 1 saturated carbocycles. The summed E-state index contributed by atoms with van der Waals surface area (Å²) in [6, 6.07) is 20.4. The molecule has 0 bridgehead atoms. The van der Waals surface area contributed by atoms with Crippen molar-refractivity contribution in [2.24, 2.45) is 5.92 Å². The minimum absolute atomic E-state index is 0.164. The number of carbonyl (C=O) groups excluding carboxylic acids is 1. The summed E-state index contributed by atoms with van der Waals surface area (Å²) in [6.45, 7) is 3.21. The highest BCUT2D eigenvalue weighted by molar-refractivity contribution is 5.81. The summed E-state index contributed by atoms with van der Waals surface area (Å²) >= 11 is 0. The standard InChI is InChI=1S/C20H24N2O/c1-16(18-12-13-18)22(15-17-8-4-2-5-9-17)20(23)14-21-19-10-6-3-7-11-19/h2-11,16,18,21H,12-15H2,1H3. The zero-order chi connectivity index (χ0) is 16.1. The average molecular weight is 308 g/mol. The van der Waals surface area contributed by atoms with Gasteiger partial charge in [-0.1, -0.05) is 48.5 Å². The van der Waals surface area contributed by atoms with E-state index in [4.69, 9.17) is 0 Å². The van der Waals surface area contributed by atoms with Gasteiger partial charge in [0.25, 0.3) is 0 Å². The van der Waals surface area contributed by atoms with Crippen molar-refractivity contribution in [3.05, 3.63) is 66.2 Å². The van der Waals surface area contributed by atoms with E-state index in [9.17, 15) is 4.79 Å². The van der Waals surface area contributed by atoms with E-state index >= 15 is 0 Å². The van der Waals surface area contributed by atoms with Crippen LogP contribution in [0.2, 0.25) is 0 Å². The van der Waals surface area contributed by atoms with Gasteiger partial charge in [0, 0.05) is 18.3 Å². The lowest BCUT2D eigenvalue weighted by Crippen LogP contribution is -2.42. The first-order chi connectivity index (χ1) is 11.2. The van der Waals surface area contributed by atoms with Crippen LogP contribution in [0.1, 0.15) is 25.3 Å². The Labute approximate surface area is 138 Å². The van der Waals surface area contributed by atoms with Gasteiger partial charge in [-0.15, -0.1) is 0 Å². The number of nitrogens with one attached hydrogen (secondary N) is 1. The van der Waals surface area contributed by atoms with Gasteiger partial charge < -0.3 is 10.2 Å². The van der Waals surface area contributed by atoms with Gasteiger partial charge in [0.2, 0.25) is 5.91 Å². The highest BCUT2D eigenvalue weighted by atomic mass is 16.2. The number of hydrogen-bond donors (Lipinski definition) is 1. The summed E-state index contributed by atoms with van der Waals surface area (Å²) in [5, 5.41) is 3.23. The Bertz CT molecular complexity index is 623. The smallest absolute Gasteiger partial charge is 0.242 e. The van der Waals surface area contributed by atoms with Gasteiger partial charge in [-0.05, 0) is 43.4 Å². The Kier molecular flexibility index (Phi) is 4.96. The molecule has 1 unspecified atom stereocenters. The molecule has 3 rings (SSSR count). The number of hydrogen-bond acceptors (Lipinski definition) is 2. The van der Waals surface area contributed by atoms with Crippen LogP contribution >= 0.6 is 0 Å². The van der Waals surface area contributed by atoms with E-state index in [0.717, 1.165) is 5.69 Å². The maximum absolute atomic E-state index is 12.8. The van der Waals surface area contributed by atoms with Crippen molar-refractivity contribution >= 4 is 11.6 Å². The minimum Gasteiger partial charge on any atom is -0.376 e. The van der Waals surface area contributed by atoms with Gasteiger partial charge in [0.05, 0.1) is 6.54 Å². The fourth-order valence-electron chi connectivity index (χ4n) is 2.91. The normalized spacial score (nSPS) is 15.0. The molecule has 120 valence electrons. The fraction of sp³-hybridized carbons (Fsp3) is 0.350. The monoisotopic (exact) mass is 308 g/mol. The molecule has 23 heavy (non-hydrogen) atoms. The molecule has 2 aromatic rings. The molecular formula is C20H24N2O. The molecule has 1 N–H and O–H groups in total. The summed E-state index contributed by atoms with van der Waals surface area (Å²) in [5.74, 6) is 0.830. The topological polar surface area (TPSA) is 32.3 Å². The highest BCUT2D eigenvalue weighted by Crippen LogP contribution is 2.35. The van der Waals surface area contributed by atoms with Gasteiger partial charge >= 0.3 is 0 Å². The molecule has 2 aromatic carbocycles. The van der Waals surface area contributed by atoms with Gasteiger partial charge in [-0.3, -0.25) is 4.79 Å². The molecule has 0 radical (unpaired) electrons. The number of nitrogens with zero attached hydrogens (tertiary/aromatic N) is 1. The molecule has 1 atom stereocenters. The second-order valence-corrected chi connectivity index (χ2v) is 6.30. The molecule has 1 aliphatic rings. The van der Waals surface area contributed by atoms with Crippen LogP contribution < -0.4 is 5.32 Å². The SMILES string of the molecule is CC(C1CC1)N(Cc1ccccc1)C(=O)CNc1ccccc1. The molecule has 1 amide bonds. The molecule has 3 nitrogen and oxygen atoms in total. The van der Waals surface area contributed by atoms with Gasteiger partial charge in [-0.2, -0.15) is 0 Å². The van der Waals surface area contributed by atoms with Crippen molar-refractivity contribution in [2.45, 2.75) is 32.4 Å². The first-order valence-electron chi connectivity index (χ1n) is 8.36. The summed E-state index contributed by atoms with van der Waals surface area (Å²) in [5.41, 5.74) is 2.17. The van der Waals surface area contributed by atoms with Crippen LogP contribution in [0.4, 0.5) is 5.69 Å². The Balaban J connectivity index is 1.65. The Morgan fingerprint density at radius 3 is 2.30 bits per heavy atom. The molecular weight excluding hydrogens is 284 g/mol. The van der Waals surface area contributed by atoms with Gasteiger partial charge in [-0.25, -0.2) is 0 Å². The van der Waals surface area contributed by atoms with E-state index in [1.165, 1.54) is 18.4 Å². The van der Waals surface area contributed by atoms with Crippen LogP contribution in [0.15, 0.2) is 60.7 Å². The molecule has 0 heterocycles. The lowest BCUT2D eigenvalue weighted by atomic mass is 10.1. The maximum Gasteiger partial charge on any atom is 0.242 e. The number of rotatable bonds is 7. The second kappa shape index (κ2) is 7.32. The minimum atomic E-state index is 0.164. The summed E-state index contributed by atoms with van der Waals surface area (Å²) in [4.78, 5) is 14.8. The molecule has 0 spiro atoms. The summed E-state index contributed by atoms with van der Waals surface area (Å²) in [7, 11) is 0. The Hall–Kier alpha value is -2.29. The lowest BCUT2D eigenvalue weighted by Gasteiger charge is -2.30. The zero-order valence-electron chi connectivity index (χ0n) is 13.6. The second-order valence-electron chi connectivity index (χ2n) is 6.30. The van der Waals surface area contributed by atoms with Crippen LogP contribution in [0.3, 0.4) is 0 Å². The first kappa shape index (κ1) is 15.6. The number of carbonyl (C=O) groups is 1. The van der Waals surface area contributed by atoms with Crippen molar-refractivity contribution < 1.29 is 4.79 Å². The quantitative estimate of drug-likeness (QED) is 0.840. The van der Waals surface area contributed by atoms with Crippen molar-refractivity contribution in [1.82, 2.24) is 4.90 Å².